The summed E-state index contributed by atoms with van der Waals surface area (Å²) in [5.41, 5.74) is 1.00. The molecule has 1 unspecified atom stereocenters. The molecule has 0 aliphatic heterocycles. The van der Waals surface area contributed by atoms with Crippen molar-refractivity contribution in [2.45, 2.75) is 32.5 Å². The lowest BCUT2D eigenvalue weighted by Crippen LogP contribution is -2.15. The van der Waals surface area contributed by atoms with Gasteiger partial charge in [-0.05, 0) is 19.4 Å². The van der Waals surface area contributed by atoms with Crippen molar-refractivity contribution in [3.63, 3.8) is 0 Å². The van der Waals surface area contributed by atoms with Gasteiger partial charge in [0, 0.05) is 0 Å². The predicted molar refractivity (Wildman–Crippen MR) is 62.0 cm³/mol. The fourth-order valence-electron chi connectivity index (χ4n) is 1.48. The van der Waals surface area contributed by atoms with Crippen molar-refractivity contribution < 1.29 is 14.3 Å². The number of carbonyl (C=O) groups excluding carboxylic acids is 1. The van der Waals surface area contributed by atoms with Crippen LogP contribution in [0.2, 0.25) is 0 Å². The number of esters is 1. The van der Waals surface area contributed by atoms with Gasteiger partial charge in [-0.2, -0.15) is 0 Å². The molecule has 0 aliphatic rings. The largest absolute Gasteiger partial charge is 0.469 e. The van der Waals surface area contributed by atoms with Crippen molar-refractivity contribution in [2.75, 3.05) is 7.11 Å². The Morgan fingerprint density at radius 1 is 1.25 bits per heavy atom. The lowest BCUT2D eigenvalue weighted by atomic mass is 10.1. The molecular weight excluding hydrogens is 204 g/mol. The normalized spacial score (nSPS) is 12.5. The third-order valence-corrected chi connectivity index (χ3v) is 2.19. The molecule has 1 aromatic rings. The van der Waals surface area contributed by atoms with Crippen LogP contribution < -0.4 is 0 Å². The van der Waals surface area contributed by atoms with Crippen LogP contribution in [0.5, 0.6) is 0 Å². The van der Waals surface area contributed by atoms with Gasteiger partial charge in [0.15, 0.2) is 0 Å². The number of carbonyl (C=O) groups is 1. The van der Waals surface area contributed by atoms with Gasteiger partial charge in [0.2, 0.25) is 0 Å². The highest BCUT2D eigenvalue weighted by Crippen LogP contribution is 2.22. The predicted octanol–water partition coefficient (Wildman–Crippen LogP) is 2.72. The highest BCUT2D eigenvalue weighted by Gasteiger charge is 2.18. The molecule has 1 rings (SSSR count). The molecular formula is C13H18O3. The van der Waals surface area contributed by atoms with Gasteiger partial charge in [0.1, 0.15) is 0 Å². The molecule has 0 bridgehead atoms. The molecule has 88 valence electrons. The van der Waals surface area contributed by atoms with Crippen LogP contribution in [0.25, 0.3) is 0 Å². The van der Waals surface area contributed by atoms with Crippen molar-refractivity contribution in [1.82, 2.24) is 0 Å². The van der Waals surface area contributed by atoms with Crippen LogP contribution >= 0.6 is 0 Å². The van der Waals surface area contributed by atoms with E-state index >= 15 is 0 Å². The van der Waals surface area contributed by atoms with Crippen LogP contribution in [0, 0.1) is 0 Å². The third-order valence-electron chi connectivity index (χ3n) is 2.19. The van der Waals surface area contributed by atoms with Crippen molar-refractivity contribution >= 4 is 5.97 Å². The maximum absolute atomic E-state index is 11.3. The standard InChI is InChI=1S/C13H18O3/c1-10(2)16-12(9-13(14)15-3)11-7-5-4-6-8-11/h4-8,10,12H,9H2,1-3H3. The van der Waals surface area contributed by atoms with E-state index < -0.39 is 0 Å². The first-order chi connectivity index (χ1) is 7.63. The quantitative estimate of drug-likeness (QED) is 0.718. The van der Waals surface area contributed by atoms with E-state index in [1.807, 2.05) is 44.2 Å². The van der Waals surface area contributed by atoms with Crippen molar-refractivity contribution in [3.8, 4) is 0 Å². The maximum Gasteiger partial charge on any atom is 0.308 e. The second-order valence-corrected chi connectivity index (χ2v) is 3.86. The second kappa shape index (κ2) is 6.28. The molecule has 0 aromatic heterocycles. The first-order valence-corrected chi connectivity index (χ1v) is 5.40. The van der Waals surface area contributed by atoms with Crippen LogP contribution in [0.1, 0.15) is 31.9 Å². The first kappa shape index (κ1) is 12.7. The lowest BCUT2D eigenvalue weighted by Gasteiger charge is -2.19. The third kappa shape index (κ3) is 4.03. The summed E-state index contributed by atoms with van der Waals surface area (Å²) in [5, 5.41) is 0. The molecule has 0 N–H and O–H groups in total. The van der Waals surface area contributed by atoms with Crippen LogP contribution in [0.4, 0.5) is 0 Å². The summed E-state index contributed by atoms with van der Waals surface area (Å²) in [7, 11) is 1.39. The first-order valence-electron chi connectivity index (χ1n) is 5.40. The molecule has 0 saturated carbocycles. The van der Waals surface area contributed by atoms with Gasteiger partial charge in [-0.3, -0.25) is 4.79 Å². The molecule has 3 nitrogen and oxygen atoms in total. The Kier molecular flexibility index (Phi) is 4.99. The molecule has 0 radical (unpaired) electrons. The zero-order valence-electron chi connectivity index (χ0n) is 9.97. The van der Waals surface area contributed by atoms with Gasteiger partial charge in [-0.15, -0.1) is 0 Å². The number of benzene rings is 1. The highest BCUT2D eigenvalue weighted by atomic mass is 16.5. The smallest absolute Gasteiger partial charge is 0.308 e. The summed E-state index contributed by atoms with van der Waals surface area (Å²) in [4.78, 5) is 11.3. The second-order valence-electron chi connectivity index (χ2n) is 3.86. The molecule has 1 aromatic carbocycles. The maximum atomic E-state index is 11.3. The highest BCUT2D eigenvalue weighted by molar-refractivity contribution is 5.70. The summed E-state index contributed by atoms with van der Waals surface area (Å²) in [5.74, 6) is -0.255. The van der Waals surface area contributed by atoms with E-state index in [1.165, 1.54) is 7.11 Å². The Balaban J connectivity index is 2.75. The Bertz CT molecular complexity index is 319. The number of methoxy groups -OCH3 is 1. The fraction of sp³-hybridized carbons (Fsp3) is 0.462. The molecule has 1 atom stereocenters. The monoisotopic (exact) mass is 222 g/mol. The average molecular weight is 222 g/mol. The van der Waals surface area contributed by atoms with Gasteiger partial charge in [0.05, 0.1) is 25.7 Å². The lowest BCUT2D eigenvalue weighted by molar-refractivity contribution is -0.144. The summed E-state index contributed by atoms with van der Waals surface area (Å²) in [6.07, 6.45) is 0.0992. The van der Waals surface area contributed by atoms with E-state index in [0.29, 0.717) is 0 Å². The van der Waals surface area contributed by atoms with Crippen LogP contribution in [-0.2, 0) is 14.3 Å². The van der Waals surface area contributed by atoms with Crippen LogP contribution in [0.3, 0.4) is 0 Å². The van der Waals surface area contributed by atoms with Crippen molar-refractivity contribution in [3.05, 3.63) is 35.9 Å². The van der Waals surface area contributed by atoms with Crippen molar-refractivity contribution in [2.24, 2.45) is 0 Å². The van der Waals surface area contributed by atoms with Gasteiger partial charge in [-0.25, -0.2) is 0 Å². The fourth-order valence-corrected chi connectivity index (χ4v) is 1.48. The van der Waals surface area contributed by atoms with Gasteiger partial charge < -0.3 is 9.47 Å². The van der Waals surface area contributed by atoms with E-state index in [-0.39, 0.29) is 24.6 Å². The molecule has 0 saturated heterocycles. The minimum Gasteiger partial charge on any atom is -0.469 e. The number of ether oxygens (including phenoxy) is 2. The number of hydrogen-bond donors (Lipinski definition) is 0. The molecule has 3 heteroatoms. The molecule has 0 amide bonds. The molecule has 0 heterocycles. The van der Waals surface area contributed by atoms with Gasteiger partial charge >= 0.3 is 5.97 Å². The Morgan fingerprint density at radius 2 is 1.88 bits per heavy atom. The SMILES string of the molecule is COC(=O)CC(OC(C)C)c1ccccc1. The summed E-state index contributed by atoms with van der Waals surface area (Å²) in [6, 6.07) is 9.71. The van der Waals surface area contributed by atoms with E-state index in [2.05, 4.69) is 4.74 Å². The number of rotatable bonds is 5. The molecule has 0 aliphatic carbocycles. The minimum absolute atomic E-state index is 0.0786. The number of hydrogen-bond acceptors (Lipinski definition) is 3. The van der Waals surface area contributed by atoms with E-state index in [4.69, 9.17) is 4.74 Å². The van der Waals surface area contributed by atoms with Gasteiger partial charge in [0.25, 0.3) is 0 Å². The minimum atomic E-state index is -0.255. The van der Waals surface area contributed by atoms with Gasteiger partial charge in [-0.1, -0.05) is 30.3 Å². The topological polar surface area (TPSA) is 35.5 Å². The molecule has 0 spiro atoms. The van der Waals surface area contributed by atoms with Crippen LogP contribution in [-0.4, -0.2) is 19.2 Å². The summed E-state index contributed by atoms with van der Waals surface area (Å²) in [6.45, 7) is 3.90. The van der Waals surface area contributed by atoms with E-state index in [9.17, 15) is 4.79 Å². The summed E-state index contributed by atoms with van der Waals surface area (Å²) >= 11 is 0. The Hall–Kier alpha value is -1.35. The zero-order chi connectivity index (χ0) is 12.0. The Labute approximate surface area is 96.4 Å². The summed E-state index contributed by atoms with van der Waals surface area (Å²) < 4.78 is 10.4. The van der Waals surface area contributed by atoms with E-state index in [0.717, 1.165) is 5.56 Å². The van der Waals surface area contributed by atoms with Crippen LogP contribution in [0.15, 0.2) is 30.3 Å². The molecule has 0 fully saturated rings. The zero-order valence-corrected chi connectivity index (χ0v) is 9.97. The average Bonchev–Trinajstić information content (AvgIpc) is 2.28. The van der Waals surface area contributed by atoms with E-state index in [1.54, 1.807) is 0 Å². The van der Waals surface area contributed by atoms with Crippen molar-refractivity contribution in [1.29, 1.82) is 0 Å². The Morgan fingerprint density at radius 3 is 2.38 bits per heavy atom. The molecule has 16 heavy (non-hydrogen) atoms.